The molecule has 0 aliphatic carbocycles. The van der Waals surface area contributed by atoms with Gasteiger partial charge in [-0.3, -0.25) is 0 Å². The number of benzene rings is 3. The van der Waals surface area contributed by atoms with Gasteiger partial charge in [-0.15, -0.1) is 0 Å². The molecule has 0 radical (unpaired) electrons. The maximum Gasteiger partial charge on any atom is 0.131 e. The minimum absolute atomic E-state index is 0.0758. The van der Waals surface area contributed by atoms with E-state index in [0.29, 0.717) is 29.4 Å². The summed E-state index contributed by atoms with van der Waals surface area (Å²) in [6.07, 6.45) is -0.542. The highest BCUT2D eigenvalue weighted by Gasteiger charge is 2.08. The van der Waals surface area contributed by atoms with Gasteiger partial charge < -0.3 is 15.2 Å². The molecule has 3 aromatic rings. The smallest absolute Gasteiger partial charge is 0.131 e. The van der Waals surface area contributed by atoms with Crippen LogP contribution in [0.15, 0.2) is 72.8 Å². The van der Waals surface area contributed by atoms with Crippen molar-refractivity contribution in [3.63, 3.8) is 0 Å². The number of rotatable bonds is 8. The summed E-state index contributed by atoms with van der Waals surface area (Å²) in [5.74, 6) is 0.266. The van der Waals surface area contributed by atoms with Crippen LogP contribution in [0, 0.1) is 5.82 Å². The molecule has 3 rings (SSSR count). The van der Waals surface area contributed by atoms with Gasteiger partial charge in [0.1, 0.15) is 18.2 Å². The Bertz CT molecular complexity index is 836. The molecule has 0 unspecified atom stereocenters. The van der Waals surface area contributed by atoms with E-state index in [1.54, 1.807) is 12.1 Å². The second-order valence-corrected chi connectivity index (χ2v) is 6.60. The van der Waals surface area contributed by atoms with E-state index in [1.807, 2.05) is 54.6 Å². The third-order valence-electron chi connectivity index (χ3n) is 4.22. The molecule has 3 aromatic carbocycles. The number of ether oxygens (including phenoxy) is 1. The number of hydrogen-bond donors (Lipinski definition) is 2. The van der Waals surface area contributed by atoms with E-state index >= 15 is 0 Å². The van der Waals surface area contributed by atoms with Crippen LogP contribution >= 0.6 is 11.6 Å². The van der Waals surface area contributed by atoms with Gasteiger partial charge in [-0.25, -0.2) is 4.39 Å². The van der Waals surface area contributed by atoms with Crippen molar-refractivity contribution in [1.29, 1.82) is 0 Å². The predicted molar refractivity (Wildman–Crippen MR) is 105 cm³/mol. The van der Waals surface area contributed by atoms with Gasteiger partial charge in [-0.05, 0) is 35.4 Å². The average Bonchev–Trinajstić information content (AvgIpc) is 2.69. The predicted octanol–water partition coefficient (Wildman–Crippen LogP) is 4.88. The van der Waals surface area contributed by atoms with E-state index in [0.717, 1.165) is 11.1 Å². The number of hydrogen-bond acceptors (Lipinski definition) is 3. The molecule has 5 heteroatoms. The largest absolute Gasteiger partial charge is 0.489 e. The molecule has 0 aliphatic heterocycles. The summed E-state index contributed by atoms with van der Waals surface area (Å²) in [5, 5.41) is 13.7. The zero-order valence-corrected chi connectivity index (χ0v) is 15.5. The van der Waals surface area contributed by atoms with E-state index in [2.05, 4.69) is 5.32 Å². The Morgan fingerprint density at radius 1 is 0.963 bits per heavy atom. The van der Waals surface area contributed by atoms with Crippen molar-refractivity contribution in [3.05, 3.63) is 100 Å². The van der Waals surface area contributed by atoms with Gasteiger partial charge in [0.05, 0.1) is 11.1 Å². The summed E-state index contributed by atoms with van der Waals surface area (Å²) in [4.78, 5) is 0. The van der Waals surface area contributed by atoms with Crippen LogP contribution in [0.3, 0.4) is 0 Å². The third kappa shape index (κ3) is 5.54. The van der Waals surface area contributed by atoms with Gasteiger partial charge in [0, 0.05) is 18.7 Å². The quantitative estimate of drug-likeness (QED) is 0.580. The Morgan fingerprint density at radius 3 is 2.41 bits per heavy atom. The van der Waals surface area contributed by atoms with Gasteiger partial charge in [-0.1, -0.05) is 60.1 Å². The van der Waals surface area contributed by atoms with Crippen LogP contribution in [-0.4, -0.2) is 11.7 Å². The molecule has 0 aromatic heterocycles. The monoisotopic (exact) mass is 385 g/mol. The first kappa shape index (κ1) is 19.4. The van der Waals surface area contributed by atoms with Crippen LogP contribution in [-0.2, 0) is 13.2 Å². The molecule has 0 heterocycles. The highest BCUT2D eigenvalue weighted by molar-refractivity contribution is 6.31. The Hall–Kier alpha value is -2.40. The van der Waals surface area contributed by atoms with Crippen molar-refractivity contribution >= 4 is 11.6 Å². The Labute approximate surface area is 163 Å². The number of nitrogens with one attached hydrogen (secondary N) is 1. The Kier molecular flexibility index (Phi) is 6.82. The molecule has 0 saturated carbocycles. The normalized spacial score (nSPS) is 12.0. The van der Waals surface area contributed by atoms with Gasteiger partial charge >= 0.3 is 0 Å². The van der Waals surface area contributed by atoms with Crippen molar-refractivity contribution in [2.75, 3.05) is 6.54 Å². The van der Waals surface area contributed by atoms with Gasteiger partial charge in [0.25, 0.3) is 0 Å². The zero-order chi connectivity index (χ0) is 19.1. The maximum atomic E-state index is 13.8. The fourth-order valence-corrected chi connectivity index (χ4v) is 2.89. The highest BCUT2D eigenvalue weighted by Crippen LogP contribution is 2.21. The molecule has 0 amide bonds. The molecule has 0 spiro atoms. The van der Waals surface area contributed by atoms with Crippen LogP contribution in [0.5, 0.6) is 5.75 Å². The topological polar surface area (TPSA) is 41.5 Å². The second kappa shape index (κ2) is 9.51. The van der Waals surface area contributed by atoms with Crippen molar-refractivity contribution in [2.45, 2.75) is 19.3 Å². The first-order chi connectivity index (χ1) is 13.1. The highest BCUT2D eigenvalue weighted by atomic mass is 35.5. The molecule has 27 heavy (non-hydrogen) atoms. The van der Waals surface area contributed by atoms with Crippen LogP contribution in [0.25, 0.3) is 0 Å². The minimum Gasteiger partial charge on any atom is -0.489 e. The molecule has 0 bridgehead atoms. The van der Waals surface area contributed by atoms with E-state index in [1.165, 1.54) is 6.07 Å². The van der Waals surface area contributed by atoms with E-state index in [9.17, 15) is 9.50 Å². The fraction of sp³-hybridized carbons (Fsp3) is 0.182. The molecular formula is C22H21ClFNO2. The van der Waals surface area contributed by atoms with Gasteiger partial charge in [-0.2, -0.15) is 0 Å². The van der Waals surface area contributed by atoms with E-state index < -0.39 is 6.10 Å². The average molecular weight is 386 g/mol. The summed E-state index contributed by atoms with van der Waals surface area (Å²) in [6, 6.07) is 21.6. The van der Waals surface area contributed by atoms with Crippen LogP contribution < -0.4 is 10.1 Å². The SMILES string of the molecule is O[C@H](CNCc1ccc(OCc2c(F)cccc2Cl)cc1)c1ccccc1. The Balaban J connectivity index is 1.47. The van der Waals surface area contributed by atoms with Crippen LogP contribution in [0.4, 0.5) is 4.39 Å². The van der Waals surface area contributed by atoms with E-state index in [-0.39, 0.29) is 12.4 Å². The summed E-state index contributed by atoms with van der Waals surface area (Å²) >= 11 is 6.00. The van der Waals surface area contributed by atoms with Crippen LogP contribution in [0.1, 0.15) is 22.8 Å². The summed E-state index contributed by atoms with van der Waals surface area (Å²) < 4.78 is 19.4. The molecule has 0 fully saturated rings. The number of halogens is 2. The molecular weight excluding hydrogens is 365 g/mol. The van der Waals surface area contributed by atoms with Crippen molar-refractivity contribution < 1.29 is 14.2 Å². The van der Waals surface area contributed by atoms with Crippen molar-refractivity contribution in [1.82, 2.24) is 5.32 Å². The van der Waals surface area contributed by atoms with Gasteiger partial charge in [0.15, 0.2) is 0 Å². The lowest BCUT2D eigenvalue weighted by Crippen LogP contribution is -2.21. The first-order valence-corrected chi connectivity index (χ1v) is 9.09. The Morgan fingerprint density at radius 2 is 1.70 bits per heavy atom. The minimum atomic E-state index is -0.542. The zero-order valence-electron chi connectivity index (χ0n) is 14.7. The molecule has 3 nitrogen and oxygen atoms in total. The number of aliphatic hydroxyl groups is 1. The van der Waals surface area contributed by atoms with Crippen LogP contribution in [0.2, 0.25) is 5.02 Å². The number of aliphatic hydroxyl groups excluding tert-OH is 1. The molecule has 1 atom stereocenters. The summed E-state index contributed by atoms with van der Waals surface area (Å²) in [6.45, 7) is 1.17. The van der Waals surface area contributed by atoms with Gasteiger partial charge in [0.2, 0.25) is 0 Å². The summed E-state index contributed by atoms with van der Waals surface area (Å²) in [5.41, 5.74) is 2.30. The standard InChI is InChI=1S/C22H21ClFNO2/c23-20-7-4-8-21(24)19(20)15-27-18-11-9-16(10-12-18)13-25-14-22(26)17-5-2-1-3-6-17/h1-12,22,25-26H,13-15H2/t22-/m1/s1. The first-order valence-electron chi connectivity index (χ1n) is 8.72. The molecule has 0 aliphatic rings. The summed E-state index contributed by atoms with van der Waals surface area (Å²) in [7, 11) is 0. The molecule has 2 N–H and O–H groups in total. The van der Waals surface area contributed by atoms with E-state index in [4.69, 9.17) is 16.3 Å². The van der Waals surface area contributed by atoms with Crippen molar-refractivity contribution in [3.8, 4) is 5.75 Å². The molecule has 140 valence electrons. The lowest BCUT2D eigenvalue weighted by atomic mass is 10.1. The lowest BCUT2D eigenvalue weighted by Gasteiger charge is -2.13. The third-order valence-corrected chi connectivity index (χ3v) is 4.57. The maximum absolute atomic E-state index is 13.8. The lowest BCUT2D eigenvalue weighted by molar-refractivity contribution is 0.174. The van der Waals surface area contributed by atoms with Crippen molar-refractivity contribution in [2.24, 2.45) is 0 Å². The second-order valence-electron chi connectivity index (χ2n) is 6.19. The molecule has 0 saturated heterocycles. The fourth-order valence-electron chi connectivity index (χ4n) is 2.68.